The lowest BCUT2D eigenvalue weighted by atomic mass is 9.92. The van der Waals surface area contributed by atoms with Gasteiger partial charge in [-0.1, -0.05) is 25.4 Å². The zero-order valence-corrected chi connectivity index (χ0v) is 11.7. The van der Waals surface area contributed by atoms with Crippen LogP contribution in [0.5, 0.6) is 0 Å². The molecule has 1 aliphatic rings. The highest BCUT2D eigenvalue weighted by molar-refractivity contribution is 6.33. The van der Waals surface area contributed by atoms with Crippen LogP contribution in [0.4, 0.5) is 0 Å². The summed E-state index contributed by atoms with van der Waals surface area (Å²) in [6.07, 6.45) is 4.85. The summed E-state index contributed by atoms with van der Waals surface area (Å²) in [5.41, 5.74) is 0.324. The average Bonchev–Trinajstić information content (AvgIpc) is 2.26. The summed E-state index contributed by atoms with van der Waals surface area (Å²) < 4.78 is 0. The van der Waals surface area contributed by atoms with Crippen LogP contribution < -0.4 is 0 Å². The monoisotopic (exact) mass is 267 g/mol. The van der Waals surface area contributed by atoms with Gasteiger partial charge in [0.15, 0.2) is 5.69 Å². The van der Waals surface area contributed by atoms with E-state index < -0.39 is 0 Å². The largest absolute Gasteiger partial charge is 0.337 e. The summed E-state index contributed by atoms with van der Waals surface area (Å²) in [4.78, 5) is 22.5. The molecule has 1 fully saturated rings. The smallest absolute Gasteiger partial charge is 0.274 e. The highest BCUT2D eigenvalue weighted by atomic mass is 35.5. The van der Waals surface area contributed by atoms with Gasteiger partial charge in [-0.15, -0.1) is 0 Å². The Hall–Kier alpha value is -1.16. The minimum absolute atomic E-state index is 0.103. The van der Waals surface area contributed by atoms with Crippen molar-refractivity contribution in [2.45, 2.75) is 45.1 Å². The lowest BCUT2D eigenvalue weighted by Gasteiger charge is -2.34. The molecule has 0 atom stereocenters. The van der Waals surface area contributed by atoms with Gasteiger partial charge in [0.2, 0.25) is 0 Å². The van der Waals surface area contributed by atoms with Crippen molar-refractivity contribution in [3.05, 3.63) is 22.7 Å². The predicted octanol–water partition coefficient (Wildman–Crippen LogP) is 2.88. The molecule has 0 aromatic carbocycles. The molecule has 0 saturated heterocycles. The van der Waals surface area contributed by atoms with Gasteiger partial charge in [0.25, 0.3) is 5.91 Å². The SMILES string of the molecule is CC(C)c1ncc(Cl)c(C(=O)N(C)C2CCC2)n1. The van der Waals surface area contributed by atoms with Crippen LogP contribution in [0.25, 0.3) is 0 Å². The van der Waals surface area contributed by atoms with Crippen LogP contribution >= 0.6 is 11.6 Å². The maximum atomic E-state index is 12.3. The fraction of sp³-hybridized carbons (Fsp3) is 0.615. The number of amides is 1. The van der Waals surface area contributed by atoms with Gasteiger partial charge < -0.3 is 4.90 Å². The molecule has 1 heterocycles. The van der Waals surface area contributed by atoms with Crippen molar-refractivity contribution in [1.29, 1.82) is 0 Å². The Morgan fingerprint density at radius 2 is 2.17 bits per heavy atom. The molecular weight excluding hydrogens is 250 g/mol. The van der Waals surface area contributed by atoms with Crippen LogP contribution in [-0.2, 0) is 0 Å². The van der Waals surface area contributed by atoms with Gasteiger partial charge in [-0.05, 0) is 19.3 Å². The number of rotatable bonds is 3. The Bertz CT molecular complexity index is 458. The van der Waals surface area contributed by atoms with E-state index in [0.717, 1.165) is 12.8 Å². The molecule has 1 amide bonds. The third kappa shape index (κ3) is 2.48. The number of hydrogen-bond acceptors (Lipinski definition) is 3. The Balaban J connectivity index is 2.25. The molecule has 0 N–H and O–H groups in total. The normalized spacial score (nSPS) is 15.6. The number of carbonyl (C=O) groups excluding carboxylic acids is 1. The van der Waals surface area contributed by atoms with E-state index in [1.165, 1.54) is 12.6 Å². The van der Waals surface area contributed by atoms with Crippen molar-refractivity contribution in [3.63, 3.8) is 0 Å². The summed E-state index contributed by atoms with van der Waals surface area (Å²) >= 11 is 6.03. The first-order valence-electron chi connectivity index (χ1n) is 6.30. The molecule has 0 bridgehead atoms. The first kappa shape index (κ1) is 13.3. The van der Waals surface area contributed by atoms with Crippen LogP contribution in [0.2, 0.25) is 5.02 Å². The standard InChI is InChI=1S/C13H18ClN3O/c1-8(2)12-15-7-10(14)11(16-12)13(18)17(3)9-5-4-6-9/h7-9H,4-6H2,1-3H3. The van der Waals surface area contributed by atoms with Gasteiger partial charge in [0, 0.05) is 19.0 Å². The molecule has 0 radical (unpaired) electrons. The molecular formula is C13H18ClN3O. The Labute approximate surface area is 112 Å². The van der Waals surface area contributed by atoms with E-state index in [2.05, 4.69) is 9.97 Å². The van der Waals surface area contributed by atoms with Crippen molar-refractivity contribution in [1.82, 2.24) is 14.9 Å². The molecule has 1 aromatic rings. The minimum atomic E-state index is -0.103. The van der Waals surface area contributed by atoms with E-state index in [4.69, 9.17) is 11.6 Å². The molecule has 5 heteroatoms. The summed E-state index contributed by atoms with van der Waals surface area (Å²) in [6, 6.07) is 0.339. The zero-order chi connectivity index (χ0) is 13.3. The quantitative estimate of drug-likeness (QED) is 0.846. The van der Waals surface area contributed by atoms with Gasteiger partial charge >= 0.3 is 0 Å². The van der Waals surface area contributed by atoms with Gasteiger partial charge in [-0.3, -0.25) is 4.79 Å². The lowest BCUT2D eigenvalue weighted by molar-refractivity contribution is 0.0645. The van der Waals surface area contributed by atoms with Crippen molar-refractivity contribution in [2.24, 2.45) is 0 Å². The van der Waals surface area contributed by atoms with Crippen LogP contribution in [-0.4, -0.2) is 33.9 Å². The molecule has 1 aromatic heterocycles. The van der Waals surface area contributed by atoms with Crippen molar-refractivity contribution < 1.29 is 4.79 Å². The van der Waals surface area contributed by atoms with E-state index in [0.29, 0.717) is 22.6 Å². The van der Waals surface area contributed by atoms with E-state index in [1.54, 1.807) is 4.90 Å². The summed E-state index contributed by atoms with van der Waals surface area (Å²) in [5.74, 6) is 0.738. The predicted molar refractivity (Wildman–Crippen MR) is 70.9 cm³/mol. The Kier molecular flexibility index (Phi) is 3.85. The van der Waals surface area contributed by atoms with Crippen LogP contribution in [0.3, 0.4) is 0 Å². The second kappa shape index (κ2) is 5.22. The maximum Gasteiger partial charge on any atom is 0.274 e. The van der Waals surface area contributed by atoms with Gasteiger partial charge in [0.1, 0.15) is 5.82 Å². The fourth-order valence-corrected chi connectivity index (χ4v) is 2.09. The second-order valence-corrected chi connectivity index (χ2v) is 5.49. The first-order valence-corrected chi connectivity index (χ1v) is 6.68. The third-order valence-corrected chi connectivity index (χ3v) is 3.70. The topological polar surface area (TPSA) is 46.1 Å². The number of halogens is 1. The van der Waals surface area contributed by atoms with Crippen molar-refractivity contribution in [2.75, 3.05) is 7.05 Å². The molecule has 98 valence electrons. The number of aromatic nitrogens is 2. The second-order valence-electron chi connectivity index (χ2n) is 5.08. The summed E-state index contributed by atoms with van der Waals surface area (Å²) in [7, 11) is 1.82. The highest BCUT2D eigenvalue weighted by Crippen LogP contribution is 2.26. The fourth-order valence-electron chi connectivity index (χ4n) is 1.92. The minimum Gasteiger partial charge on any atom is -0.337 e. The van der Waals surface area contributed by atoms with Crippen LogP contribution in [0.1, 0.15) is 55.3 Å². The third-order valence-electron chi connectivity index (χ3n) is 3.42. The summed E-state index contributed by atoms with van der Waals surface area (Å²) in [5, 5.41) is 0.329. The van der Waals surface area contributed by atoms with E-state index >= 15 is 0 Å². The first-order chi connectivity index (χ1) is 8.50. The molecule has 2 rings (SSSR count). The molecule has 4 nitrogen and oxygen atoms in total. The Morgan fingerprint density at radius 1 is 1.50 bits per heavy atom. The average molecular weight is 268 g/mol. The van der Waals surface area contributed by atoms with E-state index in [-0.39, 0.29) is 11.8 Å². The molecule has 18 heavy (non-hydrogen) atoms. The molecule has 0 unspecified atom stereocenters. The van der Waals surface area contributed by atoms with E-state index in [9.17, 15) is 4.79 Å². The van der Waals surface area contributed by atoms with Crippen LogP contribution in [0, 0.1) is 0 Å². The number of carbonyl (C=O) groups is 1. The zero-order valence-electron chi connectivity index (χ0n) is 11.0. The number of nitrogens with zero attached hydrogens (tertiary/aromatic N) is 3. The lowest BCUT2D eigenvalue weighted by Crippen LogP contribution is -2.41. The van der Waals surface area contributed by atoms with Crippen LogP contribution in [0.15, 0.2) is 6.20 Å². The van der Waals surface area contributed by atoms with Gasteiger partial charge in [0.05, 0.1) is 11.2 Å². The molecule has 1 saturated carbocycles. The Morgan fingerprint density at radius 3 is 2.67 bits per heavy atom. The molecule has 0 spiro atoms. The number of hydrogen-bond donors (Lipinski definition) is 0. The highest BCUT2D eigenvalue weighted by Gasteiger charge is 2.28. The van der Waals surface area contributed by atoms with Crippen molar-refractivity contribution >= 4 is 17.5 Å². The molecule has 1 aliphatic carbocycles. The summed E-state index contributed by atoms with van der Waals surface area (Å²) in [6.45, 7) is 3.99. The maximum absolute atomic E-state index is 12.3. The van der Waals surface area contributed by atoms with Crippen molar-refractivity contribution in [3.8, 4) is 0 Å². The van der Waals surface area contributed by atoms with E-state index in [1.807, 2.05) is 20.9 Å². The molecule has 0 aliphatic heterocycles. The van der Waals surface area contributed by atoms with Gasteiger partial charge in [-0.2, -0.15) is 0 Å². The van der Waals surface area contributed by atoms with Gasteiger partial charge in [-0.25, -0.2) is 9.97 Å².